The van der Waals surface area contributed by atoms with Crippen molar-refractivity contribution in [3.63, 3.8) is 0 Å². The summed E-state index contributed by atoms with van der Waals surface area (Å²) in [6.07, 6.45) is 8.37. The van der Waals surface area contributed by atoms with Crippen molar-refractivity contribution in [1.82, 2.24) is 29.7 Å². The number of hydrogen-bond donors (Lipinski definition) is 1. The van der Waals surface area contributed by atoms with Crippen molar-refractivity contribution in [3.05, 3.63) is 120 Å². The number of likely N-dealkylation sites (tertiary alicyclic amines) is 1. The van der Waals surface area contributed by atoms with Crippen LogP contribution in [-0.2, 0) is 38.8 Å². The van der Waals surface area contributed by atoms with Gasteiger partial charge in [0, 0.05) is 19.6 Å². The van der Waals surface area contributed by atoms with E-state index in [-0.39, 0.29) is 37.5 Å². The van der Waals surface area contributed by atoms with Gasteiger partial charge in [0.2, 0.25) is 11.8 Å². The number of fused-ring (bicyclic) bond motifs is 3. The predicted molar refractivity (Wildman–Crippen MR) is 185 cm³/mol. The van der Waals surface area contributed by atoms with Gasteiger partial charge in [0.1, 0.15) is 23.8 Å². The van der Waals surface area contributed by atoms with E-state index in [1.807, 2.05) is 116 Å². The fourth-order valence-corrected chi connectivity index (χ4v) is 8.58. The number of benzene rings is 3. The molecular formula is C39H40N6O5. The number of carbonyl (C=O) groups excluding carboxylic acids is 3. The fourth-order valence-electron chi connectivity index (χ4n) is 8.58. The monoisotopic (exact) mass is 672 g/mol. The Labute approximate surface area is 290 Å². The average molecular weight is 673 g/mol. The Kier molecular flexibility index (Phi) is 8.11. The Morgan fingerprint density at radius 3 is 2.24 bits per heavy atom. The molecule has 0 aliphatic carbocycles. The first kappa shape index (κ1) is 32.1. The maximum atomic E-state index is 15.1. The minimum absolute atomic E-state index is 0.0947. The van der Waals surface area contributed by atoms with Crippen molar-refractivity contribution in [2.24, 2.45) is 11.8 Å². The molecule has 4 aliphatic rings. The van der Waals surface area contributed by atoms with Crippen LogP contribution in [0.15, 0.2) is 109 Å². The van der Waals surface area contributed by atoms with Gasteiger partial charge in [-0.25, -0.2) is 4.68 Å². The molecule has 6 atom stereocenters. The first-order valence-electron chi connectivity index (χ1n) is 17.3. The fraction of sp³-hybridized carbons (Fsp3) is 0.359. The molecule has 1 N–H and O–H groups in total. The van der Waals surface area contributed by atoms with Crippen molar-refractivity contribution >= 4 is 28.8 Å². The number of amides is 3. The number of ether oxygens (including phenoxy) is 1. The molecule has 0 radical (unpaired) electrons. The van der Waals surface area contributed by atoms with E-state index in [2.05, 4.69) is 10.3 Å². The van der Waals surface area contributed by atoms with E-state index in [0.717, 1.165) is 16.6 Å². The molecular weight excluding hydrogens is 632 g/mol. The first-order valence-corrected chi connectivity index (χ1v) is 17.3. The molecule has 0 saturated carbocycles. The number of aromatic nitrogens is 3. The molecule has 50 heavy (non-hydrogen) atoms. The third-order valence-corrected chi connectivity index (χ3v) is 10.9. The highest BCUT2D eigenvalue weighted by molar-refractivity contribution is 6.00. The van der Waals surface area contributed by atoms with Crippen LogP contribution in [0.4, 0.5) is 0 Å². The first-order chi connectivity index (χ1) is 24.4. The van der Waals surface area contributed by atoms with Gasteiger partial charge in [0.05, 0.1) is 35.6 Å². The van der Waals surface area contributed by atoms with Gasteiger partial charge in [-0.05, 0) is 36.1 Å². The Hall–Kier alpha value is -5.13. The third-order valence-electron chi connectivity index (χ3n) is 10.9. The zero-order valence-corrected chi connectivity index (χ0v) is 27.9. The van der Waals surface area contributed by atoms with Gasteiger partial charge < -0.3 is 24.5 Å². The molecule has 256 valence electrons. The second-order valence-corrected chi connectivity index (χ2v) is 13.7. The zero-order valence-electron chi connectivity index (χ0n) is 27.9. The second-order valence-electron chi connectivity index (χ2n) is 13.7. The molecule has 2 fully saturated rings. The van der Waals surface area contributed by atoms with Crippen molar-refractivity contribution in [2.45, 2.75) is 56.3 Å². The molecule has 11 heteroatoms. The third kappa shape index (κ3) is 5.06. The highest BCUT2D eigenvalue weighted by Gasteiger charge is 2.76. The molecule has 1 spiro atoms. The molecule has 2 saturated heterocycles. The quantitative estimate of drug-likeness (QED) is 0.271. The van der Waals surface area contributed by atoms with E-state index in [1.54, 1.807) is 14.5 Å². The maximum Gasteiger partial charge on any atom is 0.250 e. The van der Waals surface area contributed by atoms with Gasteiger partial charge in [0.25, 0.3) is 5.91 Å². The van der Waals surface area contributed by atoms with Crippen LogP contribution >= 0.6 is 0 Å². The number of aliphatic hydroxyl groups is 1. The van der Waals surface area contributed by atoms with Crippen LogP contribution in [-0.4, -0.2) is 95.5 Å². The smallest absolute Gasteiger partial charge is 0.250 e. The maximum absolute atomic E-state index is 15.1. The van der Waals surface area contributed by atoms with Crippen LogP contribution < -0.4 is 0 Å². The summed E-state index contributed by atoms with van der Waals surface area (Å²) in [4.78, 5) is 50.0. The van der Waals surface area contributed by atoms with Crippen molar-refractivity contribution in [2.75, 3.05) is 19.7 Å². The molecule has 3 amide bonds. The summed E-state index contributed by atoms with van der Waals surface area (Å²) in [6.45, 7) is 2.67. The van der Waals surface area contributed by atoms with E-state index in [4.69, 9.17) is 4.74 Å². The lowest BCUT2D eigenvalue weighted by Crippen LogP contribution is -2.59. The van der Waals surface area contributed by atoms with E-state index < -0.39 is 35.1 Å². The van der Waals surface area contributed by atoms with Gasteiger partial charge in [-0.3, -0.25) is 14.4 Å². The van der Waals surface area contributed by atoms with Crippen LogP contribution in [0.2, 0.25) is 0 Å². The second kappa shape index (κ2) is 12.6. The predicted octanol–water partition coefficient (Wildman–Crippen LogP) is 3.35. The molecule has 4 aliphatic heterocycles. The highest BCUT2D eigenvalue weighted by atomic mass is 16.5. The van der Waals surface area contributed by atoms with E-state index in [1.165, 1.54) is 4.90 Å². The van der Waals surface area contributed by atoms with E-state index in [0.29, 0.717) is 31.4 Å². The molecule has 8 rings (SSSR count). The number of nitrogens with zero attached hydrogens (tertiary/aromatic N) is 6. The Bertz CT molecular complexity index is 1980. The van der Waals surface area contributed by atoms with Gasteiger partial charge in [0.15, 0.2) is 0 Å². The van der Waals surface area contributed by atoms with E-state index >= 15 is 9.59 Å². The zero-order chi connectivity index (χ0) is 34.5. The van der Waals surface area contributed by atoms with Crippen LogP contribution in [0.25, 0.3) is 11.0 Å². The molecule has 0 bridgehead atoms. The molecule has 5 heterocycles. The highest BCUT2D eigenvalue weighted by Crippen LogP contribution is 2.59. The Balaban J connectivity index is 1.23. The largest absolute Gasteiger partial charge is 0.394 e. The van der Waals surface area contributed by atoms with E-state index in [9.17, 15) is 9.90 Å². The minimum Gasteiger partial charge on any atom is -0.394 e. The normalized spacial score (nSPS) is 28.1. The van der Waals surface area contributed by atoms with Crippen LogP contribution in [0, 0.1) is 11.8 Å². The van der Waals surface area contributed by atoms with Gasteiger partial charge >= 0.3 is 0 Å². The van der Waals surface area contributed by atoms with Crippen LogP contribution in [0.5, 0.6) is 0 Å². The number of hydrogen-bond acceptors (Lipinski definition) is 7. The molecule has 1 aromatic heterocycles. The lowest BCUT2D eigenvalue weighted by Gasteiger charge is -2.40. The minimum atomic E-state index is -1.45. The Morgan fingerprint density at radius 2 is 1.50 bits per heavy atom. The molecule has 4 aromatic rings. The number of carbonyl (C=O) groups is 3. The van der Waals surface area contributed by atoms with Crippen LogP contribution in [0.1, 0.15) is 24.5 Å². The van der Waals surface area contributed by atoms with Gasteiger partial charge in [-0.2, -0.15) is 0 Å². The summed E-state index contributed by atoms with van der Waals surface area (Å²) in [7, 11) is 0. The SMILES string of the molecule is CC[C@@]12C=CCN(Cc3ccccc3)C(=O)[C@@H]1[C@H]1C(=O)N([C@@H](CO)Cc3ccccc3)C3C(=O)N(Cn4nnc5ccccc54)CC=C[C@@]31O2. The van der Waals surface area contributed by atoms with Crippen molar-refractivity contribution in [3.8, 4) is 0 Å². The van der Waals surface area contributed by atoms with Gasteiger partial charge in [-0.1, -0.05) is 109 Å². The summed E-state index contributed by atoms with van der Waals surface area (Å²) < 4.78 is 8.84. The summed E-state index contributed by atoms with van der Waals surface area (Å²) in [6, 6.07) is 25.1. The Morgan fingerprint density at radius 1 is 0.820 bits per heavy atom. The molecule has 11 nitrogen and oxygen atoms in total. The summed E-state index contributed by atoms with van der Waals surface area (Å²) in [5, 5.41) is 19.5. The lowest BCUT2D eigenvalue weighted by molar-refractivity contribution is -0.158. The van der Waals surface area contributed by atoms with Crippen molar-refractivity contribution < 1.29 is 24.2 Å². The van der Waals surface area contributed by atoms with Gasteiger partial charge in [-0.15, -0.1) is 5.10 Å². The summed E-state index contributed by atoms with van der Waals surface area (Å²) >= 11 is 0. The summed E-state index contributed by atoms with van der Waals surface area (Å²) in [5.74, 6) is -2.75. The lowest BCUT2D eigenvalue weighted by atomic mass is 9.73. The van der Waals surface area contributed by atoms with Crippen molar-refractivity contribution in [1.29, 1.82) is 0 Å². The molecule has 1 unspecified atom stereocenters. The topological polar surface area (TPSA) is 121 Å². The average Bonchev–Trinajstić information content (AvgIpc) is 3.69. The summed E-state index contributed by atoms with van der Waals surface area (Å²) in [5.41, 5.74) is 0.818. The number of para-hydroxylation sites is 1. The molecule has 3 aromatic carbocycles. The number of rotatable bonds is 9. The standard InChI is InChI=1S/C39H40N6O5/c1-2-38-19-11-21-42(24-28-15-7-4-8-16-28)35(47)32(38)33-36(48)45(29(25-46)23-27-13-5-3-6-14-27)34-37(49)43(22-12-20-39(33,34)50-38)26-44-31-18-10-9-17-30(31)40-41-44/h3-20,29,32-34,46H,2,21-26H2,1H3/t29-,32+,33+,34?,38-,39+/m1/s1. The van der Waals surface area contributed by atoms with Crippen LogP contribution in [0.3, 0.4) is 0 Å². The number of aliphatic hydroxyl groups excluding tert-OH is 1.